The number of benzene rings is 1. The number of nitrogens with zero attached hydrogens (tertiary/aromatic N) is 1. The molecule has 0 radical (unpaired) electrons. The normalized spacial score (nSPS) is 12.2. The summed E-state index contributed by atoms with van der Waals surface area (Å²) in [5, 5.41) is 5.66. The molecule has 0 spiro atoms. The van der Waals surface area contributed by atoms with E-state index in [1.165, 1.54) is 18.2 Å². The van der Waals surface area contributed by atoms with Crippen molar-refractivity contribution in [2.75, 3.05) is 6.54 Å². The van der Waals surface area contributed by atoms with E-state index in [-0.39, 0.29) is 11.8 Å². The monoisotopic (exact) mass is 342 g/mol. The summed E-state index contributed by atoms with van der Waals surface area (Å²) in [4.78, 5) is 16.2. The van der Waals surface area contributed by atoms with E-state index in [4.69, 9.17) is 0 Å². The molecule has 2 rings (SSSR count). The highest BCUT2D eigenvalue weighted by Crippen LogP contribution is 2.19. The molecule has 1 heterocycles. The van der Waals surface area contributed by atoms with Crippen LogP contribution in [0.25, 0.3) is 0 Å². The Kier molecular flexibility index (Phi) is 4.66. The molecule has 1 atom stereocenters. The van der Waals surface area contributed by atoms with Gasteiger partial charge in [-0.3, -0.25) is 4.79 Å². The number of rotatable bonds is 4. The smallest absolute Gasteiger partial charge is 0.252 e. The van der Waals surface area contributed by atoms with Gasteiger partial charge < -0.3 is 5.32 Å². The Labute approximate surface area is 123 Å². The number of aromatic nitrogens is 1. The van der Waals surface area contributed by atoms with Crippen LogP contribution in [0.4, 0.5) is 4.39 Å². The molecule has 1 unspecified atom stereocenters. The summed E-state index contributed by atoms with van der Waals surface area (Å²) in [7, 11) is 0. The lowest BCUT2D eigenvalue weighted by molar-refractivity contribution is 0.0950. The Morgan fingerprint density at radius 2 is 2.37 bits per heavy atom. The fourth-order valence-corrected chi connectivity index (χ4v) is 2.70. The van der Waals surface area contributed by atoms with Crippen molar-refractivity contribution in [3.05, 3.63) is 50.6 Å². The Balaban J connectivity index is 2.00. The molecule has 2 aromatic rings. The molecule has 0 saturated heterocycles. The van der Waals surface area contributed by atoms with Crippen molar-refractivity contribution in [1.29, 1.82) is 0 Å². The number of hydrogen-bond acceptors (Lipinski definition) is 3. The zero-order valence-electron chi connectivity index (χ0n) is 10.2. The standard InChI is InChI=1S/C13H12BrFN2OS/c1-8(13-16-4-5-19-13)7-17-12(18)10-6-9(15)2-3-11(10)14/h2-6,8H,7H2,1H3,(H,17,18). The summed E-state index contributed by atoms with van der Waals surface area (Å²) in [5.74, 6) is -0.590. The van der Waals surface area contributed by atoms with Crippen LogP contribution in [0.2, 0.25) is 0 Å². The minimum Gasteiger partial charge on any atom is -0.351 e. The summed E-state index contributed by atoms with van der Waals surface area (Å²) < 4.78 is 13.7. The van der Waals surface area contributed by atoms with Crippen molar-refractivity contribution in [2.45, 2.75) is 12.8 Å². The van der Waals surface area contributed by atoms with Crippen molar-refractivity contribution in [2.24, 2.45) is 0 Å². The minimum absolute atomic E-state index is 0.135. The van der Waals surface area contributed by atoms with Crippen molar-refractivity contribution in [3.8, 4) is 0 Å². The zero-order chi connectivity index (χ0) is 13.8. The number of amides is 1. The Hall–Kier alpha value is -1.27. The highest BCUT2D eigenvalue weighted by molar-refractivity contribution is 9.10. The third-order valence-electron chi connectivity index (χ3n) is 2.61. The first kappa shape index (κ1) is 14.1. The maximum atomic E-state index is 13.1. The molecular weight excluding hydrogens is 331 g/mol. The van der Waals surface area contributed by atoms with E-state index in [1.807, 2.05) is 12.3 Å². The summed E-state index contributed by atoms with van der Waals surface area (Å²) in [5.41, 5.74) is 0.298. The zero-order valence-corrected chi connectivity index (χ0v) is 12.6. The summed E-state index contributed by atoms with van der Waals surface area (Å²) >= 11 is 4.79. The first-order valence-corrected chi connectivity index (χ1v) is 7.38. The molecule has 1 N–H and O–H groups in total. The minimum atomic E-state index is -0.429. The number of nitrogens with one attached hydrogen (secondary N) is 1. The molecule has 3 nitrogen and oxygen atoms in total. The van der Waals surface area contributed by atoms with Crippen LogP contribution in [0.3, 0.4) is 0 Å². The van der Waals surface area contributed by atoms with Gasteiger partial charge in [-0.15, -0.1) is 11.3 Å². The first-order valence-electron chi connectivity index (χ1n) is 5.70. The topological polar surface area (TPSA) is 42.0 Å². The van der Waals surface area contributed by atoms with Crippen LogP contribution < -0.4 is 5.32 Å². The van der Waals surface area contributed by atoms with Gasteiger partial charge in [0.15, 0.2) is 0 Å². The molecule has 19 heavy (non-hydrogen) atoms. The molecule has 6 heteroatoms. The predicted molar refractivity (Wildman–Crippen MR) is 77.0 cm³/mol. The van der Waals surface area contributed by atoms with Crippen molar-refractivity contribution < 1.29 is 9.18 Å². The third-order valence-corrected chi connectivity index (χ3v) is 4.31. The van der Waals surface area contributed by atoms with Gasteiger partial charge in [-0.1, -0.05) is 6.92 Å². The number of thiazole rings is 1. The van der Waals surface area contributed by atoms with E-state index >= 15 is 0 Å². The van der Waals surface area contributed by atoms with Crippen molar-refractivity contribution >= 4 is 33.2 Å². The predicted octanol–water partition coefficient (Wildman–Crippen LogP) is 3.58. The van der Waals surface area contributed by atoms with Gasteiger partial charge in [0.05, 0.1) is 10.6 Å². The Morgan fingerprint density at radius 1 is 1.58 bits per heavy atom. The number of halogens is 2. The van der Waals surface area contributed by atoms with Crippen LogP contribution in [0.15, 0.2) is 34.2 Å². The van der Waals surface area contributed by atoms with Crippen LogP contribution in [0.5, 0.6) is 0 Å². The van der Waals surface area contributed by atoms with Gasteiger partial charge in [0, 0.05) is 28.5 Å². The maximum absolute atomic E-state index is 13.1. The van der Waals surface area contributed by atoms with Gasteiger partial charge in [0.25, 0.3) is 5.91 Å². The average Bonchev–Trinajstić information content (AvgIpc) is 2.92. The van der Waals surface area contributed by atoms with E-state index < -0.39 is 5.82 Å². The van der Waals surface area contributed by atoms with Crippen LogP contribution in [-0.4, -0.2) is 17.4 Å². The van der Waals surface area contributed by atoms with E-state index in [2.05, 4.69) is 26.2 Å². The molecule has 100 valence electrons. The number of carbonyl (C=O) groups excluding carboxylic acids is 1. The second kappa shape index (κ2) is 6.25. The molecule has 1 aromatic heterocycles. The molecule has 0 bridgehead atoms. The molecule has 0 fully saturated rings. The van der Waals surface area contributed by atoms with E-state index in [0.29, 0.717) is 16.6 Å². The van der Waals surface area contributed by atoms with Gasteiger partial charge in [0.1, 0.15) is 5.82 Å². The molecule has 0 saturated carbocycles. The molecule has 1 amide bonds. The van der Waals surface area contributed by atoms with Gasteiger partial charge in [0.2, 0.25) is 0 Å². The van der Waals surface area contributed by atoms with Gasteiger partial charge >= 0.3 is 0 Å². The quantitative estimate of drug-likeness (QED) is 0.922. The third kappa shape index (κ3) is 3.61. The Morgan fingerprint density at radius 3 is 3.05 bits per heavy atom. The van der Waals surface area contributed by atoms with E-state index in [1.54, 1.807) is 17.5 Å². The Bertz CT molecular complexity index is 574. The summed E-state index contributed by atoms with van der Waals surface area (Å²) in [6.07, 6.45) is 1.74. The van der Waals surface area contributed by atoms with E-state index in [0.717, 1.165) is 5.01 Å². The SMILES string of the molecule is CC(CNC(=O)c1cc(F)ccc1Br)c1nccs1. The molecule has 0 aliphatic carbocycles. The summed E-state index contributed by atoms with van der Waals surface area (Å²) in [6.45, 7) is 2.45. The molecule has 0 aliphatic heterocycles. The highest BCUT2D eigenvalue weighted by Gasteiger charge is 2.14. The van der Waals surface area contributed by atoms with Gasteiger partial charge in [-0.25, -0.2) is 9.37 Å². The van der Waals surface area contributed by atoms with Gasteiger partial charge in [-0.05, 0) is 34.1 Å². The lowest BCUT2D eigenvalue weighted by Gasteiger charge is -2.11. The average molecular weight is 343 g/mol. The van der Waals surface area contributed by atoms with Crippen molar-refractivity contribution in [3.63, 3.8) is 0 Å². The fourth-order valence-electron chi connectivity index (χ4n) is 1.58. The molecule has 0 aliphatic rings. The fraction of sp³-hybridized carbons (Fsp3) is 0.231. The highest BCUT2D eigenvalue weighted by atomic mass is 79.9. The first-order chi connectivity index (χ1) is 9.08. The van der Waals surface area contributed by atoms with Crippen LogP contribution in [0.1, 0.15) is 28.2 Å². The lowest BCUT2D eigenvalue weighted by atomic mass is 10.1. The maximum Gasteiger partial charge on any atom is 0.252 e. The molecule has 1 aromatic carbocycles. The van der Waals surface area contributed by atoms with Crippen LogP contribution >= 0.6 is 27.3 Å². The second-order valence-electron chi connectivity index (χ2n) is 4.11. The second-order valence-corrected chi connectivity index (χ2v) is 5.89. The summed E-state index contributed by atoms with van der Waals surface area (Å²) in [6, 6.07) is 4.04. The van der Waals surface area contributed by atoms with Crippen LogP contribution in [-0.2, 0) is 0 Å². The van der Waals surface area contributed by atoms with Crippen molar-refractivity contribution in [1.82, 2.24) is 10.3 Å². The molecular formula is C13H12BrFN2OS. The number of hydrogen-bond donors (Lipinski definition) is 1. The lowest BCUT2D eigenvalue weighted by Crippen LogP contribution is -2.27. The van der Waals surface area contributed by atoms with E-state index in [9.17, 15) is 9.18 Å². The van der Waals surface area contributed by atoms with Gasteiger partial charge in [-0.2, -0.15) is 0 Å². The largest absolute Gasteiger partial charge is 0.351 e. The number of carbonyl (C=O) groups is 1. The van der Waals surface area contributed by atoms with Crippen LogP contribution in [0, 0.1) is 5.82 Å².